The number of halogens is 1. The number of ether oxygens (including phenoxy) is 2. The zero-order chi connectivity index (χ0) is 24.7. The smallest absolute Gasteiger partial charge is 0.335 e. The van der Waals surface area contributed by atoms with Gasteiger partial charge in [-0.3, -0.25) is 4.79 Å². The molecule has 7 nitrogen and oxygen atoms in total. The molecule has 0 aliphatic heterocycles. The monoisotopic (exact) mass is 476 g/mol. The Balaban J connectivity index is 1.75. The molecule has 0 aliphatic carbocycles. The average molecular weight is 477 g/mol. The summed E-state index contributed by atoms with van der Waals surface area (Å²) in [6, 6.07) is 18.4. The number of carbonyl (C=O) groups is 2. The summed E-state index contributed by atoms with van der Waals surface area (Å²) in [4.78, 5) is 23.6. The molecule has 0 unspecified atom stereocenters. The van der Waals surface area contributed by atoms with E-state index in [2.05, 4.69) is 5.32 Å². The fourth-order valence-electron chi connectivity index (χ4n) is 3.05. The van der Waals surface area contributed by atoms with Gasteiger partial charge in [0.15, 0.2) is 11.5 Å². The molecule has 172 valence electrons. The third kappa shape index (κ3) is 5.94. The van der Waals surface area contributed by atoms with Crippen molar-refractivity contribution in [2.75, 3.05) is 12.4 Å². The van der Waals surface area contributed by atoms with E-state index in [0.29, 0.717) is 33.3 Å². The van der Waals surface area contributed by atoms with Gasteiger partial charge in [-0.05, 0) is 66.1 Å². The van der Waals surface area contributed by atoms with E-state index in [9.17, 15) is 14.9 Å². The first-order chi connectivity index (χ1) is 16.3. The highest BCUT2D eigenvalue weighted by molar-refractivity contribution is 6.31. The van der Waals surface area contributed by atoms with Gasteiger partial charge in [-0.2, -0.15) is 5.26 Å². The molecular weight excluding hydrogens is 456 g/mol. The molecule has 3 aromatic rings. The summed E-state index contributed by atoms with van der Waals surface area (Å²) in [5.74, 6) is -0.679. The fraction of sp³-hybridized carbons (Fsp3) is 0.115. The van der Waals surface area contributed by atoms with Crippen LogP contribution in [0, 0.1) is 18.3 Å². The number of nitrogens with one attached hydrogen (secondary N) is 1. The lowest BCUT2D eigenvalue weighted by Crippen LogP contribution is -2.14. The van der Waals surface area contributed by atoms with Crippen LogP contribution in [0.3, 0.4) is 0 Å². The van der Waals surface area contributed by atoms with E-state index in [-0.39, 0.29) is 17.7 Å². The zero-order valence-electron chi connectivity index (χ0n) is 18.5. The third-order valence-electron chi connectivity index (χ3n) is 4.97. The van der Waals surface area contributed by atoms with Crippen LogP contribution in [0.2, 0.25) is 5.02 Å². The number of methoxy groups -OCH3 is 1. The van der Waals surface area contributed by atoms with Gasteiger partial charge < -0.3 is 19.9 Å². The topological polar surface area (TPSA) is 109 Å². The second-order valence-electron chi connectivity index (χ2n) is 7.24. The van der Waals surface area contributed by atoms with E-state index in [4.69, 9.17) is 26.2 Å². The highest BCUT2D eigenvalue weighted by atomic mass is 35.5. The minimum absolute atomic E-state index is 0.0892. The Bertz CT molecular complexity index is 1290. The summed E-state index contributed by atoms with van der Waals surface area (Å²) >= 11 is 6.09. The van der Waals surface area contributed by atoms with Crippen molar-refractivity contribution in [2.24, 2.45) is 0 Å². The van der Waals surface area contributed by atoms with Gasteiger partial charge in [0.1, 0.15) is 18.2 Å². The van der Waals surface area contributed by atoms with E-state index >= 15 is 0 Å². The Kier molecular flexibility index (Phi) is 7.91. The van der Waals surface area contributed by atoms with Crippen molar-refractivity contribution >= 4 is 35.2 Å². The normalized spacial score (nSPS) is 10.8. The predicted molar refractivity (Wildman–Crippen MR) is 129 cm³/mol. The van der Waals surface area contributed by atoms with Crippen molar-refractivity contribution in [2.45, 2.75) is 13.5 Å². The van der Waals surface area contributed by atoms with Gasteiger partial charge in [-0.1, -0.05) is 35.9 Å². The molecule has 0 fully saturated rings. The molecule has 3 rings (SSSR count). The van der Waals surface area contributed by atoms with Crippen LogP contribution in [0.5, 0.6) is 11.5 Å². The summed E-state index contributed by atoms with van der Waals surface area (Å²) in [7, 11) is 1.48. The Labute approximate surface area is 201 Å². The van der Waals surface area contributed by atoms with E-state index in [0.717, 1.165) is 5.56 Å². The van der Waals surface area contributed by atoms with Crippen molar-refractivity contribution < 1.29 is 24.2 Å². The molecule has 0 atom stereocenters. The SMILES string of the molecule is COc1cc(/C=C(\C#N)C(=O)Nc2cccc(Cl)c2C)ccc1OCc1ccc(C(=O)O)cc1. The summed E-state index contributed by atoms with van der Waals surface area (Å²) in [6.45, 7) is 1.98. The summed E-state index contributed by atoms with van der Waals surface area (Å²) in [5.41, 5.74) is 2.70. The molecule has 0 spiro atoms. The second-order valence-corrected chi connectivity index (χ2v) is 7.64. The Morgan fingerprint density at radius 2 is 1.85 bits per heavy atom. The molecule has 1 amide bonds. The third-order valence-corrected chi connectivity index (χ3v) is 5.38. The van der Waals surface area contributed by atoms with Crippen LogP contribution < -0.4 is 14.8 Å². The van der Waals surface area contributed by atoms with Crippen molar-refractivity contribution in [3.05, 3.63) is 93.5 Å². The lowest BCUT2D eigenvalue weighted by atomic mass is 10.1. The van der Waals surface area contributed by atoms with E-state index in [1.165, 1.54) is 25.3 Å². The number of nitriles is 1. The average Bonchev–Trinajstić information content (AvgIpc) is 2.84. The van der Waals surface area contributed by atoms with Crippen molar-refractivity contribution in [1.29, 1.82) is 5.26 Å². The molecule has 0 radical (unpaired) electrons. The van der Waals surface area contributed by atoms with Crippen LogP contribution in [-0.4, -0.2) is 24.1 Å². The van der Waals surface area contributed by atoms with Gasteiger partial charge in [-0.15, -0.1) is 0 Å². The van der Waals surface area contributed by atoms with Gasteiger partial charge in [0, 0.05) is 10.7 Å². The van der Waals surface area contributed by atoms with Crippen LogP contribution in [0.15, 0.2) is 66.2 Å². The van der Waals surface area contributed by atoms with Crippen LogP contribution in [0.1, 0.15) is 27.0 Å². The number of amides is 1. The molecule has 0 saturated heterocycles. The number of carboxylic acids is 1. The number of hydrogen-bond acceptors (Lipinski definition) is 5. The number of benzene rings is 3. The lowest BCUT2D eigenvalue weighted by Gasteiger charge is -2.12. The number of nitrogens with zero attached hydrogens (tertiary/aromatic N) is 1. The predicted octanol–water partition coefficient (Wildman–Crippen LogP) is 5.48. The fourth-order valence-corrected chi connectivity index (χ4v) is 3.22. The van der Waals surface area contributed by atoms with Crippen LogP contribution in [-0.2, 0) is 11.4 Å². The molecule has 34 heavy (non-hydrogen) atoms. The Morgan fingerprint density at radius 3 is 2.50 bits per heavy atom. The largest absolute Gasteiger partial charge is 0.493 e. The highest BCUT2D eigenvalue weighted by Crippen LogP contribution is 2.30. The Hall–Kier alpha value is -4.28. The van der Waals surface area contributed by atoms with Gasteiger partial charge in [0.05, 0.1) is 12.7 Å². The van der Waals surface area contributed by atoms with E-state index in [1.54, 1.807) is 55.5 Å². The van der Waals surface area contributed by atoms with Crippen molar-refractivity contribution in [3.63, 3.8) is 0 Å². The number of carbonyl (C=O) groups excluding carboxylic acids is 1. The molecular formula is C26H21ClN2O5. The van der Waals surface area contributed by atoms with Gasteiger partial charge >= 0.3 is 5.97 Å². The number of anilines is 1. The second kappa shape index (κ2) is 11.0. The molecule has 0 aliphatic rings. The van der Waals surface area contributed by atoms with Gasteiger partial charge in [-0.25, -0.2) is 4.79 Å². The van der Waals surface area contributed by atoms with Crippen molar-refractivity contribution in [3.8, 4) is 17.6 Å². The lowest BCUT2D eigenvalue weighted by molar-refractivity contribution is -0.112. The van der Waals surface area contributed by atoms with Crippen LogP contribution >= 0.6 is 11.6 Å². The highest BCUT2D eigenvalue weighted by Gasteiger charge is 2.13. The number of rotatable bonds is 8. The van der Waals surface area contributed by atoms with Crippen LogP contribution in [0.4, 0.5) is 5.69 Å². The first-order valence-electron chi connectivity index (χ1n) is 10.1. The zero-order valence-corrected chi connectivity index (χ0v) is 19.2. The first kappa shape index (κ1) is 24.4. The molecule has 2 N–H and O–H groups in total. The summed E-state index contributed by atoms with van der Waals surface area (Å²) in [6.07, 6.45) is 1.45. The standard InChI is InChI=1S/C26H21ClN2O5/c1-16-21(27)4-3-5-22(16)29-25(30)20(14-28)12-18-8-11-23(24(13-18)33-2)34-15-17-6-9-19(10-7-17)26(31)32/h3-13H,15H2,1-2H3,(H,29,30)(H,31,32)/b20-12+. The minimum atomic E-state index is -0.995. The first-order valence-corrected chi connectivity index (χ1v) is 10.5. The van der Waals surface area contributed by atoms with Crippen molar-refractivity contribution in [1.82, 2.24) is 0 Å². The quantitative estimate of drug-likeness (QED) is 0.329. The molecule has 0 saturated carbocycles. The molecule has 0 bridgehead atoms. The van der Waals surface area contributed by atoms with E-state index < -0.39 is 11.9 Å². The minimum Gasteiger partial charge on any atom is -0.493 e. The van der Waals surface area contributed by atoms with E-state index in [1.807, 2.05) is 6.07 Å². The maximum absolute atomic E-state index is 12.6. The molecule has 0 heterocycles. The number of carboxylic acid groups (broad SMARTS) is 1. The summed E-state index contributed by atoms with van der Waals surface area (Å²) in [5, 5.41) is 21.7. The maximum atomic E-state index is 12.6. The Morgan fingerprint density at radius 1 is 1.12 bits per heavy atom. The molecule has 0 aromatic heterocycles. The molecule has 3 aromatic carbocycles. The molecule has 8 heteroatoms. The van der Waals surface area contributed by atoms with Gasteiger partial charge in [0.25, 0.3) is 5.91 Å². The maximum Gasteiger partial charge on any atom is 0.335 e. The van der Waals surface area contributed by atoms with Gasteiger partial charge in [0.2, 0.25) is 0 Å². The number of hydrogen-bond donors (Lipinski definition) is 2. The summed E-state index contributed by atoms with van der Waals surface area (Å²) < 4.78 is 11.2. The van der Waals surface area contributed by atoms with Crippen LogP contribution in [0.25, 0.3) is 6.08 Å². The number of aromatic carboxylic acids is 1.